The Morgan fingerprint density at radius 3 is 2.69 bits per heavy atom. The largest absolute Gasteiger partial charge is 0.403 e. The van der Waals surface area contributed by atoms with Gasteiger partial charge in [0.15, 0.2) is 11.6 Å². The van der Waals surface area contributed by atoms with E-state index in [2.05, 4.69) is 20.8 Å². The van der Waals surface area contributed by atoms with E-state index in [-0.39, 0.29) is 28.8 Å². The van der Waals surface area contributed by atoms with Crippen LogP contribution in [-0.4, -0.2) is 30.0 Å². The molecule has 10 heteroatoms. The number of anilines is 3. The van der Waals surface area contributed by atoms with Crippen LogP contribution in [0.4, 0.5) is 30.6 Å². The first-order valence-corrected chi connectivity index (χ1v) is 9.93. The summed E-state index contributed by atoms with van der Waals surface area (Å²) in [4.78, 5) is 0. The van der Waals surface area contributed by atoms with Crippen molar-refractivity contribution in [1.82, 2.24) is 10.2 Å². The predicted octanol–water partition coefficient (Wildman–Crippen LogP) is 5.34. The fraction of sp³-hybridized carbons (Fsp3) is 0.263. The Morgan fingerprint density at radius 1 is 1.10 bits per heavy atom. The van der Waals surface area contributed by atoms with E-state index in [9.17, 15) is 13.2 Å². The zero-order valence-corrected chi connectivity index (χ0v) is 17.6. The Labute approximate surface area is 179 Å². The molecule has 0 spiro atoms. The molecule has 0 bridgehead atoms. The molecular formula is C19H18F3IN4O2. The summed E-state index contributed by atoms with van der Waals surface area (Å²) in [6.45, 7) is 3.67. The van der Waals surface area contributed by atoms with Crippen LogP contribution in [-0.2, 0) is 4.74 Å². The van der Waals surface area contributed by atoms with E-state index >= 15 is 0 Å². The summed E-state index contributed by atoms with van der Waals surface area (Å²) in [5.41, 5.74) is -0.196. The molecule has 1 heterocycles. The van der Waals surface area contributed by atoms with Crippen LogP contribution < -0.4 is 10.6 Å². The molecule has 0 saturated heterocycles. The number of benzene rings is 2. The number of hydrogen-bond acceptors (Lipinski definition) is 6. The highest BCUT2D eigenvalue weighted by Crippen LogP contribution is 2.34. The zero-order chi connectivity index (χ0) is 20.8. The summed E-state index contributed by atoms with van der Waals surface area (Å²) in [7, 11) is 0. The lowest BCUT2D eigenvalue weighted by molar-refractivity contribution is 0.147. The van der Waals surface area contributed by atoms with Gasteiger partial charge in [0.2, 0.25) is 0 Å². The summed E-state index contributed by atoms with van der Waals surface area (Å²) in [5.74, 6) is -2.90. The minimum absolute atomic E-state index is 0.00930. The van der Waals surface area contributed by atoms with Crippen molar-refractivity contribution in [1.29, 1.82) is 0 Å². The van der Waals surface area contributed by atoms with Crippen LogP contribution in [0.1, 0.15) is 13.3 Å². The maximum atomic E-state index is 14.5. The van der Waals surface area contributed by atoms with Gasteiger partial charge in [-0.3, -0.25) is 0 Å². The summed E-state index contributed by atoms with van der Waals surface area (Å²) in [5, 5.41) is 13.3. The standard InChI is InChI=1S/C19H18F3IN4O2/c1-2-28-9-3-8-24-19-27-26-18(29-19)12-5-6-13(20)16(22)17(12)25-15-7-4-11(23)10-14(15)21/h4-7,10,25H,2-3,8-9H2,1H3,(H,24,27). The third kappa shape index (κ3) is 5.38. The second-order valence-corrected chi connectivity index (χ2v) is 7.17. The molecule has 2 N–H and O–H groups in total. The molecule has 3 rings (SSSR count). The summed E-state index contributed by atoms with van der Waals surface area (Å²) in [6, 6.07) is 6.71. The third-order valence-corrected chi connectivity index (χ3v) is 4.56. The first kappa shape index (κ1) is 21.4. The van der Waals surface area contributed by atoms with Gasteiger partial charge in [0.05, 0.1) is 16.9 Å². The summed E-state index contributed by atoms with van der Waals surface area (Å²) in [6.07, 6.45) is 0.732. The van der Waals surface area contributed by atoms with Crippen molar-refractivity contribution in [3.63, 3.8) is 0 Å². The van der Waals surface area contributed by atoms with Crippen LogP contribution in [0.15, 0.2) is 34.7 Å². The highest BCUT2D eigenvalue weighted by Gasteiger charge is 2.20. The molecule has 0 fully saturated rings. The fourth-order valence-corrected chi connectivity index (χ4v) is 2.95. The zero-order valence-electron chi connectivity index (χ0n) is 15.4. The third-order valence-electron chi connectivity index (χ3n) is 3.89. The highest BCUT2D eigenvalue weighted by atomic mass is 127. The fourth-order valence-electron chi connectivity index (χ4n) is 2.49. The second kappa shape index (κ2) is 9.92. The lowest BCUT2D eigenvalue weighted by atomic mass is 10.1. The average Bonchev–Trinajstić information content (AvgIpc) is 3.16. The summed E-state index contributed by atoms with van der Waals surface area (Å²) < 4.78 is 53.9. The monoisotopic (exact) mass is 518 g/mol. The smallest absolute Gasteiger partial charge is 0.315 e. The first-order valence-electron chi connectivity index (χ1n) is 8.85. The molecular weight excluding hydrogens is 500 g/mol. The van der Waals surface area contributed by atoms with Crippen LogP contribution in [0.3, 0.4) is 0 Å². The van der Waals surface area contributed by atoms with Crippen molar-refractivity contribution in [2.24, 2.45) is 0 Å². The molecule has 0 saturated carbocycles. The number of nitrogens with zero attached hydrogens (tertiary/aromatic N) is 2. The van der Waals surface area contributed by atoms with Gasteiger partial charge >= 0.3 is 6.01 Å². The van der Waals surface area contributed by atoms with Crippen LogP contribution in [0, 0.1) is 21.0 Å². The van der Waals surface area contributed by atoms with Gasteiger partial charge in [-0.1, -0.05) is 5.10 Å². The van der Waals surface area contributed by atoms with E-state index in [1.165, 1.54) is 18.2 Å². The van der Waals surface area contributed by atoms with Gasteiger partial charge in [-0.05, 0) is 66.3 Å². The van der Waals surface area contributed by atoms with E-state index in [0.717, 1.165) is 12.5 Å². The Hall–Kier alpha value is -2.34. The molecule has 3 aromatic rings. The van der Waals surface area contributed by atoms with Crippen LogP contribution in [0.25, 0.3) is 11.5 Å². The number of aromatic nitrogens is 2. The van der Waals surface area contributed by atoms with Gasteiger partial charge < -0.3 is 19.8 Å². The van der Waals surface area contributed by atoms with Crippen molar-refractivity contribution in [2.75, 3.05) is 30.4 Å². The number of hydrogen-bond donors (Lipinski definition) is 2. The lowest BCUT2D eigenvalue weighted by Gasteiger charge is -2.12. The van der Waals surface area contributed by atoms with Gasteiger partial charge in [-0.2, -0.15) is 0 Å². The Bertz CT molecular complexity index is 984. The molecule has 0 amide bonds. The molecule has 0 aliphatic carbocycles. The molecule has 6 nitrogen and oxygen atoms in total. The van der Waals surface area contributed by atoms with E-state index in [0.29, 0.717) is 23.3 Å². The van der Waals surface area contributed by atoms with Crippen LogP contribution >= 0.6 is 22.6 Å². The van der Waals surface area contributed by atoms with E-state index < -0.39 is 17.5 Å². The van der Waals surface area contributed by atoms with E-state index in [4.69, 9.17) is 9.15 Å². The van der Waals surface area contributed by atoms with Crippen molar-refractivity contribution in [2.45, 2.75) is 13.3 Å². The minimum Gasteiger partial charge on any atom is -0.403 e. The Morgan fingerprint density at radius 2 is 1.93 bits per heavy atom. The molecule has 0 atom stereocenters. The molecule has 0 radical (unpaired) electrons. The molecule has 0 aliphatic heterocycles. The summed E-state index contributed by atoms with van der Waals surface area (Å²) >= 11 is 1.95. The Kier molecular flexibility index (Phi) is 7.31. The van der Waals surface area contributed by atoms with Gasteiger partial charge in [0, 0.05) is 23.3 Å². The highest BCUT2D eigenvalue weighted by molar-refractivity contribution is 14.1. The molecule has 0 unspecified atom stereocenters. The SMILES string of the molecule is CCOCCCNc1nnc(-c2ccc(F)c(F)c2Nc2ccc(I)cc2F)o1. The molecule has 0 aliphatic rings. The van der Waals surface area contributed by atoms with Gasteiger partial charge in [-0.25, -0.2) is 13.2 Å². The second-order valence-electron chi connectivity index (χ2n) is 5.92. The molecule has 29 heavy (non-hydrogen) atoms. The number of ether oxygens (including phenoxy) is 1. The number of halogens is 4. The van der Waals surface area contributed by atoms with Crippen LogP contribution in [0.5, 0.6) is 0 Å². The predicted molar refractivity (Wildman–Crippen MR) is 112 cm³/mol. The maximum Gasteiger partial charge on any atom is 0.315 e. The number of nitrogens with one attached hydrogen (secondary N) is 2. The topological polar surface area (TPSA) is 72.2 Å². The van der Waals surface area contributed by atoms with Gasteiger partial charge in [0.25, 0.3) is 5.89 Å². The van der Waals surface area contributed by atoms with Gasteiger partial charge in [-0.15, -0.1) is 5.10 Å². The van der Waals surface area contributed by atoms with E-state index in [1.54, 1.807) is 6.07 Å². The maximum absolute atomic E-state index is 14.5. The lowest BCUT2D eigenvalue weighted by Crippen LogP contribution is -2.05. The molecule has 2 aromatic carbocycles. The van der Waals surface area contributed by atoms with Crippen molar-refractivity contribution in [3.8, 4) is 11.5 Å². The number of rotatable bonds is 9. The van der Waals surface area contributed by atoms with Crippen molar-refractivity contribution >= 4 is 40.0 Å². The quantitative estimate of drug-likeness (QED) is 0.295. The minimum atomic E-state index is -1.18. The van der Waals surface area contributed by atoms with Gasteiger partial charge in [0.1, 0.15) is 5.82 Å². The normalized spacial score (nSPS) is 10.9. The van der Waals surface area contributed by atoms with E-state index in [1.807, 2.05) is 29.5 Å². The van der Waals surface area contributed by atoms with Crippen molar-refractivity contribution in [3.05, 3.63) is 51.4 Å². The molecule has 154 valence electrons. The Balaban J connectivity index is 1.84. The van der Waals surface area contributed by atoms with Crippen molar-refractivity contribution < 1.29 is 22.3 Å². The average molecular weight is 518 g/mol. The molecule has 1 aromatic heterocycles. The first-order chi connectivity index (χ1) is 14.0. The van der Waals surface area contributed by atoms with Crippen LogP contribution in [0.2, 0.25) is 0 Å².